The van der Waals surface area contributed by atoms with Crippen molar-refractivity contribution in [1.29, 1.82) is 0 Å². The maximum Gasteiger partial charge on any atom is 0.303 e. The molecular weight excluding hydrogens is 320 g/mol. The molecule has 0 aromatic heterocycles. The van der Waals surface area contributed by atoms with Gasteiger partial charge in [0.05, 0.1) is 6.10 Å². The molecule has 0 amide bonds. The monoisotopic (exact) mass is 348 g/mol. The van der Waals surface area contributed by atoms with Crippen LogP contribution in [0.1, 0.15) is 51.9 Å². The van der Waals surface area contributed by atoms with Gasteiger partial charge in [0.15, 0.2) is 5.78 Å². The first-order valence-corrected chi connectivity index (χ1v) is 8.79. The van der Waals surface area contributed by atoms with E-state index >= 15 is 0 Å². The molecule has 0 spiro atoms. The molecule has 25 heavy (non-hydrogen) atoms. The lowest BCUT2D eigenvalue weighted by molar-refractivity contribution is -0.137. The molecule has 0 saturated heterocycles. The first-order chi connectivity index (χ1) is 11.9. The van der Waals surface area contributed by atoms with E-state index in [1.807, 2.05) is 12.2 Å². The SMILES string of the molecule is CCCCC/C=C\C[C@]1(O)C=CC(=O)/C1=C/C=C/[C@H](O)CCC(=O)O. The van der Waals surface area contributed by atoms with E-state index in [0.717, 1.165) is 19.3 Å². The van der Waals surface area contributed by atoms with Gasteiger partial charge in [0.2, 0.25) is 0 Å². The lowest BCUT2D eigenvalue weighted by atomic mass is 9.92. The van der Waals surface area contributed by atoms with Gasteiger partial charge in [0.1, 0.15) is 5.60 Å². The Morgan fingerprint density at radius 2 is 2.08 bits per heavy atom. The molecule has 0 aliphatic heterocycles. The van der Waals surface area contributed by atoms with E-state index in [0.29, 0.717) is 6.42 Å². The van der Waals surface area contributed by atoms with Crippen LogP contribution in [0.2, 0.25) is 0 Å². The molecule has 0 radical (unpaired) electrons. The van der Waals surface area contributed by atoms with E-state index in [4.69, 9.17) is 5.11 Å². The quantitative estimate of drug-likeness (QED) is 0.303. The lowest BCUT2D eigenvalue weighted by Gasteiger charge is -2.20. The van der Waals surface area contributed by atoms with Gasteiger partial charge in [-0.25, -0.2) is 0 Å². The normalized spacial score (nSPS) is 23.3. The Labute approximate surface area is 149 Å². The minimum Gasteiger partial charge on any atom is -0.481 e. The van der Waals surface area contributed by atoms with Gasteiger partial charge in [0.25, 0.3) is 0 Å². The topological polar surface area (TPSA) is 94.8 Å². The molecule has 1 rings (SSSR count). The van der Waals surface area contributed by atoms with Crippen LogP contribution in [0.25, 0.3) is 0 Å². The van der Waals surface area contributed by atoms with Crippen LogP contribution in [0.5, 0.6) is 0 Å². The second kappa shape index (κ2) is 10.8. The standard InChI is InChI=1S/C20H28O5/c1-2-3-4-5-6-7-14-20(25)15-13-18(22)17(20)10-8-9-16(21)11-12-19(23)24/h6-10,13,15-16,21,25H,2-5,11-12,14H2,1H3,(H,23,24)/b7-6-,9-8+,17-10-/t16-,20-/m0/s1. The van der Waals surface area contributed by atoms with Crippen LogP contribution >= 0.6 is 0 Å². The molecule has 0 unspecified atom stereocenters. The Morgan fingerprint density at radius 3 is 2.76 bits per heavy atom. The minimum absolute atomic E-state index is 0.103. The zero-order valence-electron chi connectivity index (χ0n) is 14.7. The van der Waals surface area contributed by atoms with E-state index in [-0.39, 0.29) is 24.2 Å². The number of unbranched alkanes of at least 4 members (excludes halogenated alkanes) is 3. The molecule has 0 saturated carbocycles. The molecule has 138 valence electrons. The van der Waals surface area contributed by atoms with Crippen molar-refractivity contribution in [3.63, 3.8) is 0 Å². The number of allylic oxidation sites excluding steroid dienone is 4. The van der Waals surface area contributed by atoms with Crippen molar-refractivity contribution < 1.29 is 24.9 Å². The predicted octanol–water partition coefficient (Wildman–Crippen LogP) is 3.09. The summed E-state index contributed by atoms with van der Waals surface area (Å²) >= 11 is 0. The minimum atomic E-state index is -1.32. The number of aliphatic carboxylic acids is 1. The smallest absolute Gasteiger partial charge is 0.303 e. The van der Waals surface area contributed by atoms with E-state index < -0.39 is 17.7 Å². The molecule has 0 heterocycles. The predicted molar refractivity (Wildman–Crippen MR) is 97.1 cm³/mol. The Bertz CT molecular complexity index is 571. The summed E-state index contributed by atoms with van der Waals surface area (Å²) in [4.78, 5) is 22.4. The first kappa shape index (κ1) is 21.1. The fourth-order valence-corrected chi connectivity index (χ4v) is 2.55. The number of rotatable bonds is 11. The third kappa shape index (κ3) is 7.63. The Balaban J connectivity index is 2.62. The van der Waals surface area contributed by atoms with Crippen LogP contribution in [0.4, 0.5) is 0 Å². The molecule has 1 aliphatic rings. The molecule has 0 aromatic carbocycles. The molecule has 5 heteroatoms. The number of aliphatic hydroxyl groups excluding tert-OH is 1. The summed E-state index contributed by atoms with van der Waals surface area (Å²) in [6.07, 6.45) is 14.9. The summed E-state index contributed by atoms with van der Waals surface area (Å²) in [5.41, 5.74) is -1.07. The maximum absolute atomic E-state index is 11.9. The van der Waals surface area contributed by atoms with Gasteiger partial charge in [-0.2, -0.15) is 0 Å². The molecule has 0 bridgehead atoms. The number of carbonyl (C=O) groups is 2. The molecule has 2 atom stereocenters. The number of carboxylic acid groups (broad SMARTS) is 1. The number of aliphatic hydroxyl groups is 2. The largest absolute Gasteiger partial charge is 0.481 e. The summed E-state index contributed by atoms with van der Waals surface area (Å²) in [6.45, 7) is 2.14. The van der Waals surface area contributed by atoms with Crippen molar-refractivity contribution in [3.05, 3.63) is 48.1 Å². The van der Waals surface area contributed by atoms with E-state index in [1.54, 1.807) is 0 Å². The highest BCUT2D eigenvalue weighted by Gasteiger charge is 2.35. The van der Waals surface area contributed by atoms with Crippen LogP contribution < -0.4 is 0 Å². The van der Waals surface area contributed by atoms with Crippen molar-refractivity contribution in [2.45, 2.75) is 63.6 Å². The average Bonchev–Trinajstić information content (AvgIpc) is 2.85. The maximum atomic E-state index is 11.9. The number of hydrogen-bond donors (Lipinski definition) is 3. The van der Waals surface area contributed by atoms with Gasteiger partial charge in [0, 0.05) is 18.4 Å². The van der Waals surface area contributed by atoms with E-state index in [9.17, 15) is 19.8 Å². The van der Waals surface area contributed by atoms with E-state index in [1.165, 1.54) is 36.8 Å². The van der Waals surface area contributed by atoms with Gasteiger partial charge in [-0.3, -0.25) is 9.59 Å². The summed E-state index contributed by atoms with van der Waals surface area (Å²) in [5.74, 6) is -1.23. The van der Waals surface area contributed by atoms with Crippen molar-refractivity contribution >= 4 is 11.8 Å². The molecule has 5 nitrogen and oxygen atoms in total. The zero-order valence-corrected chi connectivity index (χ0v) is 14.7. The summed E-state index contributed by atoms with van der Waals surface area (Å²) in [6, 6.07) is 0. The highest BCUT2D eigenvalue weighted by molar-refractivity contribution is 6.09. The van der Waals surface area contributed by atoms with Gasteiger partial charge < -0.3 is 15.3 Å². The number of carbonyl (C=O) groups excluding carboxylic acids is 1. The second-order valence-electron chi connectivity index (χ2n) is 6.26. The molecule has 0 aromatic rings. The summed E-state index contributed by atoms with van der Waals surface area (Å²) < 4.78 is 0. The van der Waals surface area contributed by atoms with Crippen molar-refractivity contribution in [2.24, 2.45) is 0 Å². The van der Waals surface area contributed by atoms with Crippen molar-refractivity contribution in [3.8, 4) is 0 Å². The van der Waals surface area contributed by atoms with Crippen molar-refractivity contribution in [2.75, 3.05) is 0 Å². The lowest BCUT2D eigenvalue weighted by Crippen LogP contribution is -2.27. The number of hydrogen-bond acceptors (Lipinski definition) is 4. The van der Waals surface area contributed by atoms with Crippen LogP contribution in [0.15, 0.2) is 48.1 Å². The molecule has 3 N–H and O–H groups in total. The number of ketones is 1. The number of carboxylic acids is 1. The van der Waals surface area contributed by atoms with Crippen LogP contribution in [0.3, 0.4) is 0 Å². The second-order valence-corrected chi connectivity index (χ2v) is 6.26. The van der Waals surface area contributed by atoms with Crippen LogP contribution in [-0.4, -0.2) is 38.8 Å². The first-order valence-electron chi connectivity index (χ1n) is 8.79. The van der Waals surface area contributed by atoms with Gasteiger partial charge in [-0.15, -0.1) is 0 Å². The Kier molecular flexibility index (Phi) is 9.10. The van der Waals surface area contributed by atoms with Gasteiger partial charge >= 0.3 is 5.97 Å². The van der Waals surface area contributed by atoms with Crippen LogP contribution in [-0.2, 0) is 9.59 Å². The molecular formula is C20H28O5. The Hall–Kier alpha value is -1.98. The van der Waals surface area contributed by atoms with Gasteiger partial charge in [-0.1, -0.05) is 50.1 Å². The highest BCUT2D eigenvalue weighted by Crippen LogP contribution is 2.30. The van der Waals surface area contributed by atoms with E-state index in [2.05, 4.69) is 6.92 Å². The molecule has 1 aliphatic carbocycles. The highest BCUT2D eigenvalue weighted by atomic mass is 16.4. The fourth-order valence-electron chi connectivity index (χ4n) is 2.55. The third-order valence-corrected chi connectivity index (χ3v) is 4.06. The molecule has 0 fully saturated rings. The zero-order chi connectivity index (χ0) is 18.7. The summed E-state index contributed by atoms with van der Waals surface area (Å²) in [5, 5.41) is 28.9. The van der Waals surface area contributed by atoms with Gasteiger partial charge in [-0.05, 0) is 31.4 Å². The average molecular weight is 348 g/mol. The van der Waals surface area contributed by atoms with Crippen molar-refractivity contribution in [1.82, 2.24) is 0 Å². The Morgan fingerprint density at radius 1 is 1.32 bits per heavy atom. The summed E-state index contributed by atoms with van der Waals surface area (Å²) in [7, 11) is 0. The fraction of sp³-hybridized carbons (Fsp3) is 0.500. The van der Waals surface area contributed by atoms with Crippen LogP contribution in [0, 0.1) is 0 Å². The third-order valence-electron chi connectivity index (χ3n) is 4.06.